The molecule has 1 atom stereocenters. The average Bonchev–Trinajstić information content (AvgIpc) is 2.56. The quantitative estimate of drug-likeness (QED) is 0.390. The lowest BCUT2D eigenvalue weighted by atomic mass is 9.95. The largest absolute Gasteiger partial charge is 0.481 e. The maximum absolute atomic E-state index is 12.4. The van der Waals surface area contributed by atoms with E-state index in [2.05, 4.69) is 6.92 Å². The van der Waals surface area contributed by atoms with Crippen molar-refractivity contribution >= 4 is 11.9 Å². The van der Waals surface area contributed by atoms with Gasteiger partial charge in [0.15, 0.2) is 0 Å². The first kappa shape index (κ1) is 22.9. The van der Waals surface area contributed by atoms with E-state index in [1.165, 1.54) is 51.4 Å². The molecule has 0 aromatic heterocycles. The zero-order valence-electron chi connectivity index (χ0n) is 16.2. The van der Waals surface area contributed by atoms with Gasteiger partial charge in [0.1, 0.15) is 0 Å². The van der Waals surface area contributed by atoms with Crippen LogP contribution in [-0.4, -0.2) is 35.0 Å². The summed E-state index contributed by atoms with van der Waals surface area (Å²) in [7, 11) is 0. The highest BCUT2D eigenvalue weighted by Crippen LogP contribution is 2.18. The number of rotatable bonds is 16. The van der Waals surface area contributed by atoms with E-state index in [0.717, 1.165) is 12.8 Å². The summed E-state index contributed by atoms with van der Waals surface area (Å²) in [6.07, 6.45) is 13.2. The molecular formula is C20H39NO3. The molecule has 0 spiro atoms. The zero-order chi connectivity index (χ0) is 18.2. The van der Waals surface area contributed by atoms with Gasteiger partial charge in [0.05, 0.1) is 6.42 Å². The van der Waals surface area contributed by atoms with E-state index in [1.807, 2.05) is 13.8 Å². The van der Waals surface area contributed by atoms with Crippen LogP contribution in [-0.2, 0) is 9.59 Å². The molecule has 4 nitrogen and oxygen atoms in total. The standard InChI is InChI=1S/C20H39NO3/c1-4-7-8-9-10-11-12-13-14-15-16-18(17-19(22)23)20(24)21(5-2)6-3/h18H,4-17H2,1-3H3,(H,22,23). The molecule has 142 valence electrons. The van der Waals surface area contributed by atoms with E-state index in [9.17, 15) is 9.59 Å². The van der Waals surface area contributed by atoms with Gasteiger partial charge in [-0.2, -0.15) is 0 Å². The van der Waals surface area contributed by atoms with Gasteiger partial charge in [-0.3, -0.25) is 9.59 Å². The fourth-order valence-corrected chi connectivity index (χ4v) is 3.20. The van der Waals surface area contributed by atoms with Gasteiger partial charge in [0, 0.05) is 19.0 Å². The molecule has 0 saturated heterocycles. The minimum atomic E-state index is -0.868. The Balaban J connectivity index is 3.91. The summed E-state index contributed by atoms with van der Waals surface area (Å²) in [4.78, 5) is 25.2. The second-order valence-electron chi connectivity index (χ2n) is 6.78. The van der Waals surface area contributed by atoms with Gasteiger partial charge in [-0.25, -0.2) is 0 Å². The highest BCUT2D eigenvalue weighted by atomic mass is 16.4. The van der Waals surface area contributed by atoms with Crippen molar-refractivity contribution in [2.24, 2.45) is 5.92 Å². The number of carbonyl (C=O) groups excluding carboxylic acids is 1. The van der Waals surface area contributed by atoms with Crippen molar-refractivity contribution in [3.05, 3.63) is 0 Å². The summed E-state index contributed by atoms with van der Waals surface area (Å²) in [5.41, 5.74) is 0. The first-order chi connectivity index (χ1) is 11.6. The maximum atomic E-state index is 12.4. The van der Waals surface area contributed by atoms with Gasteiger partial charge >= 0.3 is 5.97 Å². The molecule has 0 fully saturated rings. The third kappa shape index (κ3) is 11.5. The predicted octanol–water partition coefficient (Wildman–Crippen LogP) is 5.26. The minimum absolute atomic E-state index is 0.0123. The third-order valence-corrected chi connectivity index (χ3v) is 4.75. The average molecular weight is 342 g/mol. The third-order valence-electron chi connectivity index (χ3n) is 4.75. The van der Waals surface area contributed by atoms with Gasteiger partial charge in [0.25, 0.3) is 0 Å². The molecular weight excluding hydrogens is 302 g/mol. The first-order valence-electron chi connectivity index (χ1n) is 10.1. The number of carboxylic acid groups (broad SMARTS) is 1. The fourth-order valence-electron chi connectivity index (χ4n) is 3.20. The number of hydrogen-bond donors (Lipinski definition) is 1. The zero-order valence-corrected chi connectivity index (χ0v) is 16.2. The number of aliphatic carboxylic acids is 1. The molecule has 0 rings (SSSR count). The van der Waals surface area contributed by atoms with Crippen LogP contribution < -0.4 is 0 Å². The Morgan fingerprint density at radius 1 is 0.792 bits per heavy atom. The van der Waals surface area contributed by atoms with Crippen LogP contribution in [0.5, 0.6) is 0 Å². The summed E-state index contributed by atoms with van der Waals surface area (Å²) in [5.74, 6) is -1.21. The molecule has 0 aromatic rings. The van der Waals surface area contributed by atoms with E-state index in [0.29, 0.717) is 19.5 Å². The monoisotopic (exact) mass is 341 g/mol. The number of carboxylic acids is 1. The van der Waals surface area contributed by atoms with Crippen LogP contribution in [0.4, 0.5) is 0 Å². The summed E-state index contributed by atoms with van der Waals surface area (Å²) in [6.45, 7) is 7.44. The van der Waals surface area contributed by atoms with Crippen LogP contribution in [0.3, 0.4) is 0 Å². The lowest BCUT2D eigenvalue weighted by molar-refractivity contribution is -0.144. The van der Waals surface area contributed by atoms with Crippen molar-refractivity contribution in [1.82, 2.24) is 4.90 Å². The van der Waals surface area contributed by atoms with Crippen LogP contribution in [0.25, 0.3) is 0 Å². The number of carbonyl (C=O) groups is 2. The van der Waals surface area contributed by atoms with Gasteiger partial charge in [-0.15, -0.1) is 0 Å². The van der Waals surface area contributed by atoms with E-state index in [-0.39, 0.29) is 18.2 Å². The lowest BCUT2D eigenvalue weighted by Gasteiger charge is -2.24. The van der Waals surface area contributed by atoms with Crippen molar-refractivity contribution in [2.45, 2.75) is 97.8 Å². The summed E-state index contributed by atoms with van der Waals surface area (Å²) >= 11 is 0. The maximum Gasteiger partial charge on any atom is 0.304 e. The molecule has 0 aliphatic heterocycles. The summed E-state index contributed by atoms with van der Waals surface area (Å²) in [5, 5.41) is 9.05. The molecule has 0 aromatic carbocycles. The molecule has 4 heteroatoms. The van der Waals surface area contributed by atoms with Crippen molar-refractivity contribution in [2.75, 3.05) is 13.1 Å². The Morgan fingerprint density at radius 2 is 1.25 bits per heavy atom. The Hall–Kier alpha value is -1.06. The molecule has 1 N–H and O–H groups in total. The number of amides is 1. The molecule has 0 heterocycles. The van der Waals surface area contributed by atoms with Gasteiger partial charge in [-0.1, -0.05) is 71.1 Å². The van der Waals surface area contributed by atoms with Crippen LogP contribution in [0.2, 0.25) is 0 Å². The second kappa shape index (κ2) is 15.5. The Bertz CT molecular complexity index is 327. The molecule has 0 radical (unpaired) electrons. The topological polar surface area (TPSA) is 57.6 Å². The number of nitrogens with zero attached hydrogens (tertiary/aromatic N) is 1. The Morgan fingerprint density at radius 3 is 1.67 bits per heavy atom. The molecule has 0 saturated carbocycles. The Labute approximate surface area is 149 Å². The van der Waals surface area contributed by atoms with Crippen molar-refractivity contribution < 1.29 is 14.7 Å². The minimum Gasteiger partial charge on any atom is -0.481 e. The molecule has 1 amide bonds. The van der Waals surface area contributed by atoms with Crippen molar-refractivity contribution in [3.63, 3.8) is 0 Å². The first-order valence-corrected chi connectivity index (χ1v) is 10.1. The van der Waals surface area contributed by atoms with Crippen LogP contribution in [0, 0.1) is 5.92 Å². The van der Waals surface area contributed by atoms with E-state index in [1.54, 1.807) is 4.90 Å². The summed E-state index contributed by atoms with van der Waals surface area (Å²) < 4.78 is 0. The molecule has 0 aliphatic rings. The highest BCUT2D eigenvalue weighted by Gasteiger charge is 2.24. The second-order valence-corrected chi connectivity index (χ2v) is 6.78. The van der Waals surface area contributed by atoms with Crippen LogP contribution in [0.1, 0.15) is 97.8 Å². The van der Waals surface area contributed by atoms with Crippen molar-refractivity contribution in [3.8, 4) is 0 Å². The molecule has 24 heavy (non-hydrogen) atoms. The molecule has 1 unspecified atom stereocenters. The van der Waals surface area contributed by atoms with E-state index < -0.39 is 5.97 Å². The SMILES string of the molecule is CCCCCCCCCCCCC(CC(=O)O)C(=O)N(CC)CC. The molecule has 0 bridgehead atoms. The lowest BCUT2D eigenvalue weighted by Crippen LogP contribution is -2.36. The number of hydrogen-bond acceptors (Lipinski definition) is 2. The smallest absolute Gasteiger partial charge is 0.304 e. The summed E-state index contributed by atoms with van der Waals surface area (Å²) in [6, 6.07) is 0. The number of unbranched alkanes of at least 4 members (excludes halogenated alkanes) is 9. The normalized spacial score (nSPS) is 12.1. The predicted molar refractivity (Wildman–Crippen MR) is 100 cm³/mol. The van der Waals surface area contributed by atoms with Gasteiger partial charge in [-0.05, 0) is 20.3 Å². The molecule has 0 aliphatic carbocycles. The van der Waals surface area contributed by atoms with Gasteiger partial charge < -0.3 is 10.0 Å². The fraction of sp³-hybridized carbons (Fsp3) is 0.900. The van der Waals surface area contributed by atoms with E-state index >= 15 is 0 Å². The van der Waals surface area contributed by atoms with Crippen molar-refractivity contribution in [1.29, 1.82) is 0 Å². The van der Waals surface area contributed by atoms with E-state index in [4.69, 9.17) is 5.11 Å². The van der Waals surface area contributed by atoms with Crippen LogP contribution >= 0.6 is 0 Å². The Kier molecular flexibility index (Phi) is 14.8. The van der Waals surface area contributed by atoms with Gasteiger partial charge in [0.2, 0.25) is 5.91 Å². The highest BCUT2D eigenvalue weighted by molar-refractivity contribution is 5.83. The van der Waals surface area contributed by atoms with Crippen LogP contribution in [0.15, 0.2) is 0 Å².